The van der Waals surface area contributed by atoms with Crippen LogP contribution in [0.4, 0.5) is 0 Å². The molecule has 2 aliphatic heterocycles. The lowest BCUT2D eigenvalue weighted by Gasteiger charge is -2.34. The van der Waals surface area contributed by atoms with Gasteiger partial charge in [-0.3, -0.25) is 0 Å². The molecular formula is C17H28N4O3. The number of allylic oxidation sites excluding steroid dienone is 1. The Morgan fingerprint density at radius 1 is 1.50 bits per heavy atom. The molecule has 0 aromatic rings. The molecule has 3 unspecified atom stereocenters. The van der Waals surface area contributed by atoms with Gasteiger partial charge in [-0.2, -0.15) is 0 Å². The molecule has 0 radical (unpaired) electrons. The molecule has 0 amide bonds. The van der Waals surface area contributed by atoms with Crippen molar-refractivity contribution in [3.05, 3.63) is 23.1 Å². The van der Waals surface area contributed by atoms with Crippen molar-refractivity contribution in [2.45, 2.75) is 31.4 Å². The number of aliphatic imine (C=N–C) groups is 1. The third kappa shape index (κ3) is 2.92. The van der Waals surface area contributed by atoms with E-state index in [0.29, 0.717) is 18.9 Å². The van der Waals surface area contributed by atoms with Crippen LogP contribution in [0.3, 0.4) is 0 Å². The summed E-state index contributed by atoms with van der Waals surface area (Å²) in [7, 11) is 3.99. The summed E-state index contributed by atoms with van der Waals surface area (Å²) in [6, 6.07) is 0. The quantitative estimate of drug-likeness (QED) is 0.625. The van der Waals surface area contributed by atoms with Crippen molar-refractivity contribution < 1.29 is 14.9 Å². The van der Waals surface area contributed by atoms with Crippen LogP contribution in [-0.4, -0.2) is 78.0 Å². The van der Waals surface area contributed by atoms with Gasteiger partial charge < -0.3 is 30.5 Å². The summed E-state index contributed by atoms with van der Waals surface area (Å²) < 4.78 is 5.82. The standard InChI is InChI=1S/C17H28N4O3/c1-17-5-4-14-13(6-12(10-23)24-14)15(17)21(16(18)19-17)8-11(9-22)7-20(2)3/h4,11-12,22-23H,5-10H2,1-3H3,(H2,18,19). The van der Waals surface area contributed by atoms with E-state index in [-0.39, 0.29) is 30.8 Å². The van der Waals surface area contributed by atoms with Crippen LogP contribution in [0.1, 0.15) is 19.8 Å². The van der Waals surface area contributed by atoms with Gasteiger partial charge in [0.2, 0.25) is 0 Å². The van der Waals surface area contributed by atoms with Crippen LogP contribution in [0.15, 0.2) is 28.1 Å². The molecule has 2 heterocycles. The largest absolute Gasteiger partial charge is 0.488 e. The molecule has 3 rings (SSSR count). The highest BCUT2D eigenvalue weighted by atomic mass is 16.5. The van der Waals surface area contributed by atoms with Crippen molar-refractivity contribution in [2.24, 2.45) is 16.6 Å². The second-order valence-corrected chi connectivity index (χ2v) is 7.39. The normalized spacial score (nSPS) is 30.1. The SMILES string of the molecule is CN(C)CC(CO)CN1C(N)=NC2(C)CC=C3OC(CO)CC3=C12. The van der Waals surface area contributed by atoms with Gasteiger partial charge in [0.15, 0.2) is 5.96 Å². The van der Waals surface area contributed by atoms with Crippen LogP contribution in [0, 0.1) is 5.92 Å². The third-order valence-electron chi connectivity index (χ3n) is 4.94. The number of aliphatic hydroxyl groups excluding tert-OH is 2. The molecule has 3 aliphatic rings. The highest BCUT2D eigenvalue weighted by Gasteiger charge is 2.47. The number of rotatable bonds is 6. The Hall–Kier alpha value is -1.57. The number of nitrogens with zero attached hydrogens (tertiary/aromatic N) is 3. The summed E-state index contributed by atoms with van der Waals surface area (Å²) in [5, 5.41) is 19.2. The Morgan fingerprint density at radius 2 is 2.25 bits per heavy atom. The van der Waals surface area contributed by atoms with Crippen LogP contribution in [0.25, 0.3) is 0 Å². The molecule has 3 atom stereocenters. The van der Waals surface area contributed by atoms with Gasteiger partial charge in [0.1, 0.15) is 17.4 Å². The topological polar surface area (TPSA) is 94.6 Å². The zero-order valence-corrected chi connectivity index (χ0v) is 14.7. The van der Waals surface area contributed by atoms with Crippen molar-refractivity contribution in [1.29, 1.82) is 0 Å². The van der Waals surface area contributed by atoms with E-state index in [1.807, 2.05) is 19.0 Å². The Labute approximate surface area is 143 Å². The maximum absolute atomic E-state index is 9.73. The molecule has 0 aromatic carbocycles. The molecule has 0 bridgehead atoms. The molecule has 24 heavy (non-hydrogen) atoms. The lowest BCUT2D eigenvalue weighted by molar-refractivity contribution is 0.0908. The number of fused-ring (bicyclic) bond motifs is 2. The van der Waals surface area contributed by atoms with E-state index in [4.69, 9.17) is 15.5 Å². The van der Waals surface area contributed by atoms with Gasteiger partial charge in [-0.1, -0.05) is 0 Å². The van der Waals surface area contributed by atoms with Gasteiger partial charge in [0, 0.05) is 37.6 Å². The van der Waals surface area contributed by atoms with Crippen LogP contribution in [0.5, 0.6) is 0 Å². The Balaban J connectivity index is 1.92. The van der Waals surface area contributed by atoms with E-state index >= 15 is 0 Å². The van der Waals surface area contributed by atoms with Gasteiger partial charge in [0.25, 0.3) is 0 Å². The molecular weight excluding hydrogens is 308 g/mol. The predicted octanol–water partition coefficient (Wildman–Crippen LogP) is -0.132. The highest BCUT2D eigenvalue weighted by molar-refractivity contribution is 5.85. The summed E-state index contributed by atoms with van der Waals surface area (Å²) in [6.07, 6.45) is 3.26. The molecule has 134 valence electrons. The minimum absolute atomic E-state index is 0.00106. The Bertz CT molecular complexity index is 599. The number of hydrogen-bond donors (Lipinski definition) is 3. The molecule has 0 aromatic heterocycles. The summed E-state index contributed by atoms with van der Waals surface area (Å²) in [4.78, 5) is 8.81. The Kier molecular flexibility index (Phi) is 4.59. The Morgan fingerprint density at radius 3 is 2.88 bits per heavy atom. The van der Waals surface area contributed by atoms with Gasteiger partial charge in [-0.25, -0.2) is 4.99 Å². The van der Waals surface area contributed by atoms with Gasteiger partial charge in [-0.15, -0.1) is 0 Å². The van der Waals surface area contributed by atoms with Crippen LogP contribution >= 0.6 is 0 Å². The third-order valence-corrected chi connectivity index (χ3v) is 4.94. The first-order valence-electron chi connectivity index (χ1n) is 8.48. The minimum atomic E-state index is -0.380. The molecule has 7 nitrogen and oxygen atoms in total. The second-order valence-electron chi connectivity index (χ2n) is 7.39. The average molecular weight is 336 g/mol. The summed E-state index contributed by atoms with van der Waals surface area (Å²) in [5.74, 6) is 1.43. The number of ether oxygens (including phenoxy) is 1. The molecule has 4 N–H and O–H groups in total. The van der Waals surface area contributed by atoms with Crippen molar-refractivity contribution in [3.8, 4) is 0 Å². The van der Waals surface area contributed by atoms with E-state index in [2.05, 4.69) is 17.9 Å². The van der Waals surface area contributed by atoms with Gasteiger partial charge >= 0.3 is 0 Å². The number of guanidine groups is 1. The lowest BCUT2D eigenvalue weighted by Crippen LogP contribution is -2.42. The second kappa shape index (κ2) is 6.38. The lowest BCUT2D eigenvalue weighted by atomic mass is 9.84. The van der Waals surface area contributed by atoms with Crippen molar-refractivity contribution >= 4 is 5.96 Å². The molecule has 1 aliphatic carbocycles. The van der Waals surface area contributed by atoms with Crippen molar-refractivity contribution in [3.63, 3.8) is 0 Å². The predicted molar refractivity (Wildman–Crippen MR) is 92.2 cm³/mol. The van der Waals surface area contributed by atoms with Crippen LogP contribution < -0.4 is 5.73 Å². The van der Waals surface area contributed by atoms with Gasteiger partial charge in [-0.05, 0) is 33.5 Å². The van der Waals surface area contributed by atoms with Crippen molar-refractivity contribution in [1.82, 2.24) is 9.80 Å². The summed E-state index contributed by atoms with van der Waals surface area (Å²) in [5.41, 5.74) is 8.03. The first-order valence-corrected chi connectivity index (χ1v) is 8.48. The highest BCUT2D eigenvalue weighted by Crippen LogP contribution is 2.46. The number of nitrogens with two attached hydrogens (primary N) is 1. The molecule has 0 spiro atoms. The van der Waals surface area contributed by atoms with E-state index < -0.39 is 0 Å². The zero-order valence-electron chi connectivity index (χ0n) is 14.7. The summed E-state index contributed by atoms with van der Waals surface area (Å²) >= 11 is 0. The van der Waals surface area contributed by atoms with E-state index in [9.17, 15) is 10.2 Å². The maximum Gasteiger partial charge on any atom is 0.196 e. The fourth-order valence-electron chi connectivity index (χ4n) is 3.93. The fourth-order valence-corrected chi connectivity index (χ4v) is 3.93. The minimum Gasteiger partial charge on any atom is -0.488 e. The van der Waals surface area contributed by atoms with E-state index in [1.54, 1.807) is 0 Å². The molecule has 1 fully saturated rings. The van der Waals surface area contributed by atoms with Gasteiger partial charge in [0.05, 0.1) is 12.3 Å². The van der Waals surface area contributed by atoms with Crippen LogP contribution in [0.2, 0.25) is 0 Å². The smallest absolute Gasteiger partial charge is 0.196 e. The van der Waals surface area contributed by atoms with Crippen LogP contribution in [-0.2, 0) is 4.74 Å². The first kappa shape index (κ1) is 17.3. The van der Waals surface area contributed by atoms with E-state index in [0.717, 1.165) is 30.0 Å². The molecule has 0 saturated carbocycles. The molecule has 1 saturated heterocycles. The fraction of sp³-hybridized carbons (Fsp3) is 0.706. The average Bonchev–Trinajstić information content (AvgIpc) is 3.04. The van der Waals surface area contributed by atoms with Crippen molar-refractivity contribution in [2.75, 3.05) is 40.4 Å². The van der Waals surface area contributed by atoms with E-state index in [1.165, 1.54) is 0 Å². The zero-order chi connectivity index (χ0) is 17.5. The first-order chi connectivity index (χ1) is 11.4. The maximum atomic E-state index is 9.73. The number of aliphatic hydroxyl groups is 2. The monoisotopic (exact) mass is 336 g/mol. The summed E-state index contributed by atoms with van der Waals surface area (Å²) in [6.45, 7) is 3.58. The number of hydrogen-bond acceptors (Lipinski definition) is 7. The molecule has 7 heteroatoms.